The third kappa shape index (κ3) is 1.46. The van der Waals surface area contributed by atoms with Gasteiger partial charge in [0.05, 0.1) is 0 Å². The van der Waals surface area contributed by atoms with E-state index in [-0.39, 0.29) is 1.43 Å². The molecule has 0 spiro atoms. The van der Waals surface area contributed by atoms with Crippen molar-refractivity contribution in [2.75, 3.05) is 19.6 Å². The Morgan fingerprint density at radius 2 is 2.50 bits per heavy atom. The van der Waals surface area contributed by atoms with Gasteiger partial charge in [-0.2, -0.15) is 0 Å². The molecule has 0 saturated carbocycles. The van der Waals surface area contributed by atoms with Crippen molar-refractivity contribution in [1.29, 1.82) is 0 Å². The molecule has 50 valence electrons. The summed E-state index contributed by atoms with van der Waals surface area (Å²) in [7, 11) is 0. The standard InChI is InChI=1S/C6H14N2.H2/c1-2-3-8-6-4-7-5-6;/h6-8H,2-5H2,1H3;1H. The van der Waals surface area contributed by atoms with Gasteiger partial charge in [-0.1, -0.05) is 6.92 Å². The molecule has 2 N–H and O–H groups in total. The van der Waals surface area contributed by atoms with Crippen molar-refractivity contribution in [2.45, 2.75) is 19.4 Å². The van der Waals surface area contributed by atoms with E-state index in [1.54, 1.807) is 0 Å². The average Bonchev–Trinajstić information content (AvgIpc) is 1.63. The Morgan fingerprint density at radius 1 is 1.75 bits per heavy atom. The molecule has 1 aliphatic rings. The van der Waals surface area contributed by atoms with E-state index in [4.69, 9.17) is 0 Å². The molecule has 1 aliphatic heterocycles. The van der Waals surface area contributed by atoms with Crippen LogP contribution in [0.2, 0.25) is 0 Å². The van der Waals surface area contributed by atoms with Crippen LogP contribution >= 0.6 is 0 Å². The number of rotatable bonds is 3. The molecule has 0 aromatic rings. The van der Waals surface area contributed by atoms with E-state index in [9.17, 15) is 0 Å². The predicted molar refractivity (Wildman–Crippen MR) is 37.1 cm³/mol. The van der Waals surface area contributed by atoms with E-state index in [0.717, 1.165) is 6.04 Å². The summed E-state index contributed by atoms with van der Waals surface area (Å²) >= 11 is 0. The lowest BCUT2D eigenvalue weighted by Gasteiger charge is -2.27. The van der Waals surface area contributed by atoms with Crippen molar-refractivity contribution in [3.8, 4) is 0 Å². The fourth-order valence-electron chi connectivity index (χ4n) is 0.781. The van der Waals surface area contributed by atoms with E-state index >= 15 is 0 Å². The maximum absolute atomic E-state index is 3.41. The van der Waals surface area contributed by atoms with Gasteiger partial charge < -0.3 is 10.6 Å². The van der Waals surface area contributed by atoms with Gasteiger partial charge in [0.25, 0.3) is 0 Å². The largest absolute Gasteiger partial charge is 0.314 e. The lowest BCUT2D eigenvalue weighted by molar-refractivity contribution is 0.367. The second kappa shape index (κ2) is 3.05. The van der Waals surface area contributed by atoms with Crippen molar-refractivity contribution < 1.29 is 1.43 Å². The summed E-state index contributed by atoms with van der Waals surface area (Å²) in [5.41, 5.74) is 0. The van der Waals surface area contributed by atoms with Gasteiger partial charge in [0.2, 0.25) is 0 Å². The van der Waals surface area contributed by atoms with Crippen LogP contribution in [0.5, 0.6) is 0 Å². The molecule has 2 heteroatoms. The first-order valence-corrected chi connectivity index (χ1v) is 3.37. The molecule has 1 saturated heterocycles. The Bertz CT molecular complexity index is 64.1. The highest BCUT2D eigenvalue weighted by molar-refractivity contribution is 4.80. The zero-order valence-corrected chi connectivity index (χ0v) is 5.41. The van der Waals surface area contributed by atoms with Crippen molar-refractivity contribution >= 4 is 0 Å². The Kier molecular flexibility index (Phi) is 2.30. The number of hydrogen-bond acceptors (Lipinski definition) is 2. The summed E-state index contributed by atoms with van der Waals surface area (Å²) in [4.78, 5) is 0. The summed E-state index contributed by atoms with van der Waals surface area (Å²) in [6.45, 7) is 5.70. The molecule has 0 aromatic heterocycles. The lowest BCUT2D eigenvalue weighted by atomic mass is 10.2. The molecular weight excluding hydrogens is 100 g/mol. The number of nitrogens with one attached hydrogen (secondary N) is 2. The average molecular weight is 116 g/mol. The van der Waals surface area contributed by atoms with E-state index in [2.05, 4.69) is 17.6 Å². The molecule has 0 bridgehead atoms. The van der Waals surface area contributed by atoms with Gasteiger partial charge in [-0.05, 0) is 13.0 Å². The summed E-state index contributed by atoms with van der Waals surface area (Å²) in [5.74, 6) is 0. The van der Waals surface area contributed by atoms with Crippen LogP contribution in [0.4, 0.5) is 0 Å². The Labute approximate surface area is 52.1 Å². The van der Waals surface area contributed by atoms with Crippen LogP contribution in [-0.2, 0) is 0 Å². The summed E-state index contributed by atoms with van der Waals surface area (Å²) < 4.78 is 0. The quantitative estimate of drug-likeness (QED) is 0.550. The van der Waals surface area contributed by atoms with Crippen molar-refractivity contribution in [2.24, 2.45) is 0 Å². The van der Waals surface area contributed by atoms with Gasteiger partial charge in [0.1, 0.15) is 0 Å². The lowest BCUT2D eigenvalue weighted by Crippen LogP contribution is -2.55. The zero-order valence-electron chi connectivity index (χ0n) is 5.41. The van der Waals surface area contributed by atoms with Gasteiger partial charge in [-0.15, -0.1) is 0 Å². The molecule has 0 atom stereocenters. The zero-order chi connectivity index (χ0) is 5.82. The van der Waals surface area contributed by atoms with Crippen LogP contribution in [0.15, 0.2) is 0 Å². The van der Waals surface area contributed by atoms with Crippen molar-refractivity contribution in [3.63, 3.8) is 0 Å². The highest BCUT2D eigenvalue weighted by Crippen LogP contribution is 1.89. The van der Waals surface area contributed by atoms with Crippen LogP contribution < -0.4 is 10.6 Å². The molecule has 1 fully saturated rings. The first kappa shape index (κ1) is 6.05. The van der Waals surface area contributed by atoms with Gasteiger partial charge in [-0.3, -0.25) is 0 Å². The van der Waals surface area contributed by atoms with E-state index in [0.29, 0.717) is 0 Å². The topological polar surface area (TPSA) is 24.1 Å². The molecule has 1 rings (SSSR count). The van der Waals surface area contributed by atoms with Crippen LogP contribution in [0.25, 0.3) is 0 Å². The second-order valence-electron chi connectivity index (χ2n) is 2.31. The SMILES string of the molecule is CCCNC1CNC1.[HH]. The third-order valence-electron chi connectivity index (χ3n) is 1.46. The first-order valence-electron chi connectivity index (χ1n) is 3.37. The summed E-state index contributed by atoms with van der Waals surface area (Å²) in [6, 6.07) is 0.773. The van der Waals surface area contributed by atoms with Crippen molar-refractivity contribution in [1.82, 2.24) is 10.6 Å². The second-order valence-corrected chi connectivity index (χ2v) is 2.31. The smallest absolute Gasteiger partial charge is 0.0317 e. The minimum absolute atomic E-state index is 0. The van der Waals surface area contributed by atoms with Gasteiger partial charge >= 0.3 is 0 Å². The molecule has 1 heterocycles. The molecular formula is C6H16N2. The molecule has 0 aromatic carbocycles. The first-order chi connectivity index (χ1) is 3.93. The maximum atomic E-state index is 3.41. The third-order valence-corrected chi connectivity index (χ3v) is 1.46. The van der Waals surface area contributed by atoms with Gasteiger partial charge in [-0.25, -0.2) is 0 Å². The van der Waals surface area contributed by atoms with E-state index in [1.165, 1.54) is 26.1 Å². The normalized spacial score (nSPS) is 20.6. The van der Waals surface area contributed by atoms with Crippen LogP contribution in [0.1, 0.15) is 14.8 Å². The molecule has 0 aliphatic carbocycles. The molecule has 2 nitrogen and oxygen atoms in total. The van der Waals surface area contributed by atoms with E-state index < -0.39 is 0 Å². The van der Waals surface area contributed by atoms with Crippen LogP contribution in [0, 0.1) is 0 Å². The van der Waals surface area contributed by atoms with Crippen LogP contribution in [0.3, 0.4) is 0 Å². The molecule has 0 unspecified atom stereocenters. The highest BCUT2D eigenvalue weighted by atomic mass is 15.1. The maximum Gasteiger partial charge on any atom is 0.0317 e. The fraction of sp³-hybridized carbons (Fsp3) is 1.00. The van der Waals surface area contributed by atoms with Crippen molar-refractivity contribution in [3.05, 3.63) is 0 Å². The fourth-order valence-corrected chi connectivity index (χ4v) is 0.781. The molecule has 8 heavy (non-hydrogen) atoms. The van der Waals surface area contributed by atoms with Gasteiger partial charge in [0.15, 0.2) is 0 Å². The summed E-state index contributed by atoms with van der Waals surface area (Å²) in [5, 5.41) is 6.61. The Balaban J connectivity index is 0.000000640. The molecule has 0 amide bonds. The minimum Gasteiger partial charge on any atom is -0.314 e. The van der Waals surface area contributed by atoms with E-state index in [1.807, 2.05) is 0 Å². The minimum atomic E-state index is 0. The Morgan fingerprint density at radius 3 is 2.88 bits per heavy atom. The molecule has 0 radical (unpaired) electrons. The monoisotopic (exact) mass is 116 g/mol. The highest BCUT2D eigenvalue weighted by Gasteiger charge is 2.13. The predicted octanol–water partition coefficient (Wildman–Crippen LogP) is 0.204. The number of hydrogen-bond donors (Lipinski definition) is 2. The Hall–Kier alpha value is -0.0800. The summed E-state index contributed by atoms with van der Waals surface area (Å²) in [6.07, 6.45) is 1.25. The van der Waals surface area contributed by atoms with Gasteiger partial charge in [0, 0.05) is 20.6 Å². The van der Waals surface area contributed by atoms with Crippen LogP contribution in [-0.4, -0.2) is 25.7 Å².